The second kappa shape index (κ2) is 6.94. The summed E-state index contributed by atoms with van der Waals surface area (Å²) in [5.74, 6) is 0. The van der Waals surface area contributed by atoms with Crippen LogP contribution in [0, 0.1) is 11.3 Å². The van der Waals surface area contributed by atoms with E-state index in [0.29, 0.717) is 11.3 Å². The van der Waals surface area contributed by atoms with Gasteiger partial charge < -0.3 is 0 Å². The maximum atomic E-state index is 12.6. The first kappa shape index (κ1) is 19.3. The third-order valence-electron chi connectivity index (χ3n) is 5.80. The van der Waals surface area contributed by atoms with Crippen LogP contribution >= 0.6 is 0 Å². The van der Waals surface area contributed by atoms with Crippen LogP contribution in [0.5, 0.6) is 0 Å². The summed E-state index contributed by atoms with van der Waals surface area (Å²) in [7, 11) is 0. The number of rotatable bonds is 4. The molecule has 0 atom stereocenters. The zero-order chi connectivity index (χ0) is 21.6. The fourth-order valence-electron chi connectivity index (χ4n) is 3.99. The van der Waals surface area contributed by atoms with E-state index in [1.165, 1.54) is 12.4 Å². The maximum Gasteiger partial charge on any atom is 0.408 e. The molecular weight excluding hydrogens is 405 g/mol. The van der Waals surface area contributed by atoms with Crippen molar-refractivity contribution in [3.63, 3.8) is 0 Å². The number of hydrogen-bond acceptors (Lipinski definition) is 4. The summed E-state index contributed by atoms with van der Waals surface area (Å²) in [6, 6.07) is 12.0. The van der Waals surface area contributed by atoms with Crippen molar-refractivity contribution in [2.75, 3.05) is 0 Å². The lowest BCUT2D eigenvalue weighted by Crippen LogP contribution is -2.32. The van der Waals surface area contributed by atoms with Crippen LogP contribution in [0.25, 0.3) is 27.8 Å². The van der Waals surface area contributed by atoms with Gasteiger partial charge in [0.25, 0.3) is 0 Å². The second-order valence-corrected chi connectivity index (χ2v) is 7.82. The Bertz CT molecular complexity index is 1310. The highest BCUT2D eigenvalue weighted by atomic mass is 19.4. The van der Waals surface area contributed by atoms with E-state index in [4.69, 9.17) is 0 Å². The molecule has 0 radical (unpaired) electrons. The maximum absolute atomic E-state index is 12.6. The van der Waals surface area contributed by atoms with Crippen molar-refractivity contribution in [3.8, 4) is 23.0 Å². The molecule has 1 fully saturated rings. The van der Waals surface area contributed by atoms with Crippen LogP contribution in [0.4, 0.5) is 13.2 Å². The van der Waals surface area contributed by atoms with Crippen molar-refractivity contribution in [1.82, 2.24) is 24.5 Å². The highest BCUT2D eigenvalue weighted by molar-refractivity contribution is 5.81. The van der Waals surface area contributed by atoms with E-state index < -0.39 is 18.1 Å². The molecule has 3 heterocycles. The molecule has 0 N–H and O–H groups in total. The van der Waals surface area contributed by atoms with E-state index in [1.54, 1.807) is 29.2 Å². The SMILES string of the molecule is N#CC1(c2ccc3cnn(-c4ccnc(-c5cnn(CC(F)(F)F)c5)c4)c3c2)CCC1. The lowest BCUT2D eigenvalue weighted by atomic mass is 9.65. The third-order valence-corrected chi connectivity index (χ3v) is 5.80. The van der Waals surface area contributed by atoms with Crippen molar-refractivity contribution in [3.05, 3.63) is 60.7 Å². The number of aromatic nitrogens is 5. The Balaban J connectivity index is 1.52. The minimum absolute atomic E-state index is 0.431. The predicted molar refractivity (Wildman–Crippen MR) is 107 cm³/mol. The Morgan fingerprint density at radius 3 is 2.65 bits per heavy atom. The largest absolute Gasteiger partial charge is 0.408 e. The fourth-order valence-corrected chi connectivity index (χ4v) is 3.99. The van der Waals surface area contributed by atoms with Gasteiger partial charge in [-0.3, -0.25) is 9.67 Å². The van der Waals surface area contributed by atoms with E-state index in [2.05, 4.69) is 21.3 Å². The van der Waals surface area contributed by atoms with E-state index in [-0.39, 0.29) is 0 Å². The van der Waals surface area contributed by atoms with Gasteiger partial charge in [-0.05, 0) is 43.0 Å². The third kappa shape index (κ3) is 3.44. The molecular formula is C22H17F3N6. The summed E-state index contributed by atoms with van der Waals surface area (Å²) in [5.41, 5.74) is 3.13. The van der Waals surface area contributed by atoms with Gasteiger partial charge in [0.05, 0.1) is 40.8 Å². The molecule has 1 aromatic carbocycles. The Hall–Kier alpha value is -3.67. The molecule has 156 valence electrons. The number of hydrogen-bond donors (Lipinski definition) is 0. The predicted octanol–water partition coefficient (Wildman–Crippen LogP) is 4.79. The summed E-state index contributed by atoms with van der Waals surface area (Å²) in [6.07, 6.45) is 4.43. The fraction of sp³-hybridized carbons (Fsp3) is 0.273. The minimum Gasteiger partial charge on any atom is -0.263 e. The molecule has 0 amide bonds. The van der Waals surface area contributed by atoms with Gasteiger partial charge in [0.1, 0.15) is 6.54 Å². The molecule has 1 aliphatic rings. The average molecular weight is 422 g/mol. The zero-order valence-electron chi connectivity index (χ0n) is 16.3. The highest BCUT2D eigenvalue weighted by Gasteiger charge is 2.39. The van der Waals surface area contributed by atoms with Gasteiger partial charge in [-0.2, -0.15) is 28.6 Å². The standard InChI is InChI=1S/C22H17F3N6/c23-22(24,25)14-30-12-16(11-28-30)19-9-18(4-7-27-19)31-20-8-17(3-2-15(20)10-29-31)21(13-26)5-1-6-21/h2-4,7-12H,1,5-6,14H2. The van der Waals surface area contributed by atoms with Crippen LogP contribution < -0.4 is 0 Å². The molecule has 1 aliphatic carbocycles. The monoisotopic (exact) mass is 422 g/mol. The summed E-state index contributed by atoms with van der Waals surface area (Å²) in [6.45, 7) is -1.15. The molecule has 3 aromatic heterocycles. The van der Waals surface area contributed by atoms with Gasteiger partial charge in [0, 0.05) is 23.3 Å². The van der Waals surface area contributed by atoms with Crippen LogP contribution in [0.1, 0.15) is 24.8 Å². The average Bonchev–Trinajstić information content (AvgIpc) is 3.33. The first-order valence-electron chi connectivity index (χ1n) is 9.82. The Kier molecular flexibility index (Phi) is 4.32. The van der Waals surface area contributed by atoms with Gasteiger partial charge in [0.2, 0.25) is 0 Å². The van der Waals surface area contributed by atoms with Crippen molar-refractivity contribution in [1.29, 1.82) is 5.26 Å². The molecule has 0 spiro atoms. The first-order valence-corrected chi connectivity index (χ1v) is 9.82. The van der Waals surface area contributed by atoms with E-state index in [0.717, 1.165) is 46.1 Å². The molecule has 0 aliphatic heterocycles. The number of nitrogens with zero attached hydrogens (tertiary/aromatic N) is 6. The van der Waals surface area contributed by atoms with Gasteiger partial charge in [-0.25, -0.2) is 4.68 Å². The normalized spacial score (nSPS) is 15.5. The molecule has 6 nitrogen and oxygen atoms in total. The highest BCUT2D eigenvalue weighted by Crippen LogP contribution is 2.43. The Morgan fingerprint density at radius 2 is 1.94 bits per heavy atom. The summed E-state index contributed by atoms with van der Waals surface area (Å²) < 4.78 is 40.4. The van der Waals surface area contributed by atoms with Crippen LogP contribution in [0.3, 0.4) is 0 Å². The van der Waals surface area contributed by atoms with E-state index in [1.807, 2.05) is 18.2 Å². The van der Waals surface area contributed by atoms with Gasteiger partial charge >= 0.3 is 6.18 Å². The number of alkyl halides is 3. The first-order chi connectivity index (χ1) is 14.9. The Morgan fingerprint density at radius 1 is 1.10 bits per heavy atom. The molecule has 0 bridgehead atoms. The van der Waals surface area contributed by atoms with Crippen molar-refractivity contribution < 1.29 is 13.2 Å². The molecule has 31 heavy (non-hydrogen) atoms. The molecule has 1 saturated carbocycles. The Labute approximate surface area is 175 Å². The number of fused-ring (bicyclic) bond motifs is 1. The summed E-state index contributed by atoms with van der Waals surface area (Å²) in [4.78, 5) is 4.28. The van der Waals surface area contributed by atoms with Crippen molar-refractivity contribution in [2.24, 2.45) is 0 Å². The number of benzene rings is 1. The molecule has 5 rings (SSSR count). The van der Waals surface area contributed by atoms with Crippen LogP contribution in [0.2, 0.25) is 0 Å². The van der Waals surface area contributed by atoms with E-state index >= 15 is 0 Å². The van der Waals surface area contributed by atoms with Crippen LogP contribution in [-0.2, 0) is 12.0 Å². The van der Waals surface area contributed by atoms with Gasteiger partial charge in [0.15, 0.2) is 0 Å². The molecule has 9 heteroatoms. The summed E-state index contributed by atoms with van der Waals surface area (Å²) >= 11 is 0. The second-order valence-electron chi connectivity index (χ2n) is 7.82. The van der Waals surface area contributed by atoms with Crippen LogP contribution in [0.15, 0.2) is 55.1 Å². The molecule has 0 saturated heterocycles. The zero-order valence-corrected chi connectivity index (χ0v) is 16.3. The molecule has 4 aromatic rings. The molecule has 0 unspecified atom stereocenters. The topological polar surface area (TPSA) is 72.3 Å². The van der Waals surface area contributed by atoms with Gasteiger partial charge in [-0.1, -0.05) is 12.1 Å². The van der Waals surface area contributed by atoms with Gasteiger partial charge in [-0.15, -0.1) is 0 Å². The quantitative estimate of drug-likeness (QED) is 0.474. The number of halogens is 3. The van der Waals surface area contributed by atoms with Crippen molar-refractivity contribution in [2.45, 2.75) is 37.4 Å². The lowest BCUT2D eigenvalue weighted by Gasteiger charge is -2.35. The number of nitriles is 1. The lowest BCUT2D eigenvalue weighted by molar-refractivity contribution is -0.142. The number of pyridine rings is 1. The minimum atomic E-state index is -4.34. The smallest absolute Gasteiger partial charge is 0.263 e. The van der Waals surface area contributed by atoms with Crippen LogP contribution in [-0.4, -0.2) is 30.7 Å². The van der Waals surface area contributed by atoms with Crippen molar-refractivity contribution >= 4 is 10.9 Å². The van der Waals surface area contributed by atoms with E-state index in [9.17, 15) is 18.4 Å². The summed E-state index contributed by atoms with van der Waals surface area (Å²) in [5, 5.41) is 18.9.